The Labute approximate surface area is 123 Å². The van der Waals surface area contributed by atoms with Gasteiger partial charge in [-0.15, -0.1) is 0 Å². The molecule has 2 aromatic carbocycles. The Hall–Kier alpha value is -2.08. The van der Waals surface area contributed by atoms with Crippen LogP contribution in [0.4, 0.5) is 15.8 Å². The van der Waals surface area contributed by atoms with Crippen LogP contribution in [-0.2, 0) is 4.79 Å². The maximum Gasteiger partial charge on any atom is 0.262 e. The zero-order valence-corrected chi connectivity index (χ0v) is 12.0. The number of hydrogen-bond donors (Lipinski definition) is 2. The van der Waals surface area contributed by atoms with Gasteiger partial charge in [0.15, 0.2) is 6.61 Å². The van der Waals surface area contributed by atoms with Gasteiger partial charge in [-0.3, -0.25) is 4.79 Å². The number of hydrogen-bond acceptors (Lipinski definition) is 3. The van der Waals surface area contributed by atoms with Crippen molar-refractivity contribution in [3.05, 3.63) is 52.8 Å². The summed E-state index contributed by atoms with van der Waals surface area (Å²) in [5, 5.41) is 2.55. The van der Waals surface area contributed by atoms with Crippen molar-refractivity contribution < 1.29 is 13.9 Å². The van der Waals surface area contributed by atoms with E-state index >= 15 is 0 Å². The highest BCUT2D eigenvalue weighted by Gasteiger charge is 2.08. The van der Waals surface area contributed by atoms with Crippen molar-refractivity contribution in [2.45, 2.75) is 0 Å². The lowest BCUT2D eigenvalue weighted by molar-refractivity contribution is -0.118. The molecule has 0 saturated carbocycles. The van der Waals surface area contributed by atoms with Crippen LogP contribution in [0, 0.1) is 5.82 Å². The van der Waals surface area contributed by atoms with Crippen molar-refractivity contribution in [3.8, 4) is 5.75 Å². The molecular weight excluding hydrogens is 327 g/mol. The summed E-state index contributed by atoms with van der Waals surface area (Å²) in [5.41, 5.74) is 6.49. The van der Waals surface area contributed by atoms with Crippen LogP contribution in [-0.4, -0.2) is 12.5 Å². The summed E-state index contributed by atoms with van der Waals surface area (Å²) in [6.07, 6.45) is 0. The third-order valence-electron chi connectivity index (χ3n) is 2.48. The monoisotopic (exact) mass is 338 g/mol. The zero-order chi connectivity index (χ0) is 14.5. The number of amides is 1. The van der Waals surface area contributed by atoms with Gasteiger partial charge in [-0.2, -0.15) is 0 Å². The standard InChI is InChI=1S/C14H12BrFN2O2/c15-10-6-5-9(16)7-12(10)18-14(19)8-20-13-4-2-1-3-11(13)17/h1-7H,8,17H2,(H,18,19). The average Bonchev–Trinajstić information content (AvgIpc) is 2.42. The maximum absolute atomic E-state index is 13.1. The zero-order valence-electron chi connectivity index (χ0n) is 10.4. The summed E-state index contributed by atoms with van der Waals surface area (Å²) in [5.74, 6) is -0.405. The van der Waals surface area contributed by atoms with Gasteiger partial charge in [0.2, 0.25) is 0 Å². The van der Waals surface area contributed by atoms with Crippen LogP contribution in [0.15, 0.2) is 46.9 Å². The van der Waals surface area contributed by atoms with Crippen LogP contribution in [0.1, 0.15) is 0 Å². The Bertz CT molecular complexity index is 634. The molecule has 2 aromatic rings. The van der Waals surface area contributed by atoms with Gasteiger partial charge in [-0.25, -0.2) is 4.39 Å². The predicted molar refractivity (Wildman–Crippen MR) is 79.1 cm³/mol. The molecule has 3 N–H and O–H groups in total. The number of anilines is 2. The molecule has 0 bridgehead atoms. The first-order valence-electron chi connectivity index (χ1n) is 5.78. The molecule has 1 amide bonds. The normalized spacial score (nSPS) is 10.1. The van der Waals surface area contributed by atoms with Crippen LogP contribution < -0.4 is 15.8 Å². The van der Waals surface area contributed by atoms with Crippen molar-refractivity contribution in [3.63, 3.8) is 0 Å². The van der Waals surface area contributed by atoms with Crippen LogP contribution in [0.25, 0.3) is 0 Å². The first kappa shape index (κ1) is 14.3. The van der Waals surface area contributed by atoms with E-state index in [0.717, 1.165) is 0 Å². The molecule has 0 spiro atoms. The summed E-state index contributed by atoms with van der Waals surface area (Å²) in [6, 6.07) is 10.9. The number of rotatable bonds is 4. The van der Waals surface area contributed by atoms with Crippen LogP contribution in [0.5, 0.6) is 5.75 Å². The topological polar surface area (TPSA) is 64.3 Å². The van der Waals surface area contributed by atoms with Gasteiger partial charge in [0.25, 0.3) is 5.91 Å². The molecule has 0 saturated heterocycles. The second kappa shape index (κ2) is 6.38. The molecule has 4 nitrogen and oxygen atoms in total. The van der Waals surface area contributed by atoms with Crippen LogP contribution in [0.3, 0.4) is 0 Å². The van der Waals surface area contributed by atoms with Gasteiger partial charge < -0.3 is 15.8 Å². The van der Waals surface area contributed by atoms with Crippen LogP contribution in [0.2, 0.25) is 0 Å². The molecule has 0 radical (unpaired) electrons. The van der Waals surface area contributed by atoms with Crippen molar-refractivity contribution in [1.82, 2.24) is 0 Å². The van der Waals surface area contributed by atoms with Crippen molar-refractivity contribution in [1.29, 1.82) is 0 Å². The Morgan fingerprint density at radius 2 is 2.05 bits per heavy atom. The fraction of sp³-hybridized carbons (Fsp3) is 0.0714. The number of nitrogens with one attached hydrogen (secondary N) is 1. The van der Waals surface area contributed by atoms with E-state index in [-0.39, 0.29) is 6.61 Å². The quantitative estimate of drug-likeness (QED) is 0.841. The van der Waals surface area contributed by atoms with Crippen molar-refractivity contribution >= 4 is 33.2 Å². The molecule has 20 heavy (non-hydrogen) atoms. The molecule has 0 heterocycles. The molecule has 0 atom stereocenters. The maximum atomic E-state index is 13.1. The van der Waals surface area contributed by atoms with E-state index in [2.05, 4.69) is 21.2 Å². The number of nitrogens with two attached hydrogens (primary N) is 1. The van der Waals surface area contributed by atoms with E-state index < -0.39 is 11.7 Å². The SMILES string of the molecule is Nc1ccccc1OCC(=O)Nc1cc(F)ccc1Br. The largest absolute Gasteiger partial charge is 0.482 e. The van der Waals surface area contributed by atoms with E-state index in [1.165, 1.54) is 18.2 Å². The molecule has 6 heteroatoms. The fourth-order valence-electron chi connectivity index (χ4n) is 1.53. The van der Waals surface area contributed by atoms with E-state index in [9.17, 15) is 9.18 Å². The lowest BCUT2D eigenvalue weighted by atomic mass is 10.3. The highest BCUT2D eigenvalue weighted by molar-refractivity contribution is 9.10. The molecule has 0 unspecified atom stereocenters. The highest BCUT2D eigenvalue weighted by atomic mass is 79.9. The Balaban J connectivity index is 1.96. The predicted octanol–water partition coefficient (Wildman–Crippen LogP) is 3.19. The van der Waals surface area contributed by atoms with E-state index in [1.807, 2.05) is 0 Å². The van der Waals surface area contributed by atoms with Gasteiger partial charge >= 0.3 is 0 Å². The van der Waals surface area contributed by atoms with Gasteiger partial charge in [-0.1, -0.05) is 12.1 Å². The average molecular weight is 339 g/mol. The third kappa shape index (κ3) is 3.71. The number of ether oxygens (including phenoxy) is 1. The van der Waals surface area contributed by atoms with Gasteiger partial charge in [-0.05, 0) is 46.3 Å². The number of nitrogen functional groups attached to an aromatic ring is 1. The summed E-state index contributed by atoms with van der Waals surface area (Å²) < 4.78 is 19.0. The number of carbonyl (C=O) groups excluding carboxylic acids is 1. The number of halogens is 2. The Morgan fingerprint density at radius 3 is 2.80 bits per heavy atom. The van der Waals surface area contributed by atoms with Gasteiger partial charge in [0.1, 0.15) is 11.6 Å². The Kier molecular flexibility index (Phi) is 4.57. The Morgan fingerprint density at radius 1 is 1.30 bits per heavy atom. The molecule has 0 aliphatic rings. The molecule has 0 aliphatic carbocycles. The highest BCUT2D eigenvalue weighted by Crippen LogP contribution is 2.23. The summed E-state index contributed by atoms with van der Waals surface area (Å²) in [7, 11) is 0. The summed E-state index contributed by atoms with van der Waals surface area (Å²) in [4.78, 5) is 11.7. The summed E-state index contributed by atoms with van der Waals surface area (Å²) in [6.45, 7) is -0.211. The van der Waals surface area contributed by atoms with Crippen molar-refractivity contribution in [2.75, 3.05) is 17.7 Å². The number of para-hydroxylation sites is 2. The molecule has 2 rings (SSSR count). The fourth-order valence-corrected chi connectivity index (χ4v) is 1.88. The summed E-state index contributed by atoms with van der Waals surface area (Å²) >= 11 is 3.22. The van der Waals surface area contributed by atoms with Gasteiger partial charge in [0, 0.05) is 4.47 Å². The van der Waals surface area contributed by atoms with Crippen molar-refractivity contribution in [2.24, 2.45) is 0 Å². The molecule has 0 aliphatic heterocycles. The lowest BCUT2D eigenvalue weighted by Gasteiger charge is -2.10. The van der Waals surface area contributed by atoms with E-state index in [0.29, 0.717) is 21.6 Å². The van der Waals surface area contributed by atoms with E-state index in [4.69, 9.17) is 10.5 Å². The minimum Gasteiger partial charge on any atom is -0.482 e. The number of benzene rings is 2. The molecule has 0 aromatic heterocycles. The molecular formula is C14H12BrFN2O2. The molecule has 104 valence electrons. The van der Waals surface area contributed by atoms with Crippen LogP contribution >= 0.6 is 15.9 Å². The first-order chi connectivity index (χ1) is 9.56. The lowest BCUT2D eigenvalue weighted by Crippen LogP contribution is -2.20. The molecule has 0 fully saturated rings. The second-order valence-corrected chi connectivity index (χ2v) is 4.85. The minimum absolute atomic E-state index is 0.211. The number of carbonyl (C=O) groups is 1. The smallest absolute Gasteiger partial charge is 0.262 e. The van der Waals surface area contributed by atoms with Gasteiger partial charge in [0.05, 0.1) is 11.4 Å². The first-order valence-corrected chi connectivity index (χ1v) is 6.58. The third-order valence-corrected chi connectivity index (χ3v) is 3.17. The second-order valence-electron chi connectivity index (χ2n) is 4.00. The minimum atomic E-state index is -0.434. The van der Waals surface area contributed by atoms with E-state index in [1.54, 1.807) is 24.3 Å².